The fourth-order valence-electron chi connectivity index (χ4n) is 3.20. The second-order valence-corrected chi connectivity index (χ2v) is 6.69. The Morgan fingerprint density at radius 2 is 1.63 bits per heavy atom. The molecular weight excluding hydrogens is 361 g/mol. The van der Waals surface area contributed by atoms with Crippen LogP contribution in [0, 0.1) is 0 Å². The third-order valence-electron chi connectivity index (χ3n) is 4.92. The van der Waals surface area contributed by atoms with Gasteiger partial charge < -0.3 is 4.90 Å². The molecule has 146 valence electrons. The molecule has 1 saturated heterocycles. The van der Waals surface area contributed by atoms with Crippen molar-refractivity contribution in [3.8, 4) is 0 Å². The van der Waals surface area contributed by atoms with E-state index < -0.39 is 11.7 Å². The molecule has 0 unspecified atom stereocenters. The molecule has 3 rings (SSSR count). The molecule has 1 aliphatic heterocycles. The topological polar surface area (TPSA) is 50.5 Å². The maximum Gasteiger partial charge on any atom is 0.416 e. The van der Waals surface area contributed by atoms with Crippen molar-refractivity contribution in [1.82, 2.24) is 14.0 Å². The lowest BCUT2D eigenvalue weighted by Gasteiger charge is -2.36. The van der Waals surface area contributed by atoms with Gasteiger partial charge >= 0.3 is 11.9 Å². The summed E-state index contributed by atoms with van der Waals surface area (Å²) in [7, 11) is 3.05. The first kappa shape index (κ1) is 19.2. The van der Waals surface area contributed by atoms with Gasteiger partial charge in [-0.1, -0.05) is 6.07 Å². The summed E-state index contributed by atoms with van der Waals surface area (Å²) in [5, 5.41) is 0. The Hall–Kier alpha value is -2.55. The molecule has 2 aromatic rings. The van der Waals surface area contributed by atoms with Gasteiger partial charge in [0.2, 0.25) is 0 Å². The Bertz CT molecular complexity index is 941. The molecule has 2 heterocycles. The van der Waals surface area contributed by atoms with Crippen molar-refractivity contribution in [3.05, 3.63) is 62.4 Å². The largest absolute Gasteiger partial charge is 0.416 e. The lowest BCUT2D eigenvalue weighted by molar-refractivity contribution is -0.137. The molecule has 1 fully saturated rings. The first-order valence-electron chi connectivity index (χ1n) is 8.57. The highest BCUT2D eigenvalue weighted by molar-refractivity contribution is 5.49. The van der Waals surface area contributed by atoms with Crippen LogP contribution in [0.25, 0.3) is 0 Å². The Balaban J connectivity index is 1.68. The third-order valence-corrected chi connectivity index (χ3v) is 4.92. The molecule has 1 aromatic heterocycles. The summed E-state index contributed by atoms with van der Waals surface area (Å²) in [5.41, 5.74) is -0.213. The van der Waals surface area contributed by atoms with Crippen molar-refractivity contribution in [2.75, 3.05) is 31.1 Å². The fraction of sp³-hybridized carbons (Fsp3) is 0.444. The smallest absolute Gasteiger partial charge is 0.369 e. The van der Waals surface area contributed by atoms with Crippen molar-refractivity contribution in [3.63, 3.8) is 0 Å². The average molecular weight is 382 g/mol. The molecule has 0 bridgehead atoms. The van der Waals surface area contributed by atoms with Crippen LogP contribution in [0.4, 0.5) is 18.9 Å². The number of piperazine rings is 1. The van der Waals surface area contributed by atoms with Crippen molar-refractivity contribution >= 4 is 5.69 Å². The number of hydrogen-bond acceptors (Lipinski definition) is 4. The Morgan fingerprint density at radius 1 is 0.963 bits per heavy atom. The van der Waals surface area contributed by atoms with Crippen molar-refractivity contribution in [1.29, 1.82) is 0 Å². The van der Waals surface area contributed by atoms with Gasteiger partial charge in [0.05, 0.1) is 5.56 Å². The third kappa shape index (κ3) is 4.08. The fourth-order valence-corrected chi connectivity index (χ4v) is 3.20. The quantitative estimate of drug-likeness (QED) is 0.806. The highest BCUT2D eigenvalue weighted by atomic mass is 19.4. The van der Waals surface area contributed by atoms with E-state index >= 15 is 0 Å². The first-order valence-corrected chi connectivity index (χ1v) is 8.57. The van der Waals surface area contributed by atoms with Crippen LogP contribution in [0.5, 0.6) is 0 Å². The van der Waals surface area contributed by atoms with Gasteiger partial charge in [0.25, 0.3) is 5.56 Å². The molecule has 0 atom stereocenters. The number of anilines is 1. The maximum atomic E-state index is 12.9. The van der Waals surface area contributed by atoms with Crippen LogP contribution in [0.15, 0.2) is 39.9 Å². The predicted molar refractivity (Wildman–Crippen MR) is 95.9 cm³/mol. The van der Waals surface area contributed by atoms with Gasteiger partial charge in [0.1, 0.15) is 0 Å². The van der Waals surface area contributed by atoms with Crippen molar-refractivity contribution < 1.29 is 13.2 Å². The van der Waals surface area contributed by atoms with Crippen molar-refractivity contribution in [2.45, 2.75) is 12.7 Å². The lowest BCUT2D eigenvalue weighted by Crippen LogP contribution is -2.47. The zero-order chi connectivity index (χ0) is 19.8. The number of halogens is 3. The van der Waals surface area contributed by atoms with E-state index in [0.29, 0.717) is 44.1 Å². The maximum absolute atomic E-state index is 12.9. The van der Waals surface area contributed by atoms with Crippen LogP contribution < -0.4 is 16.1 Å². The predicted octanol–water partition coefficient (Wildman–Crippen LogP) is 1.43. The first-order chi connectivity index (χ1) is 12.7. The summed E-state index contributed by atoms with van der Waals surface area (Å²) < 4.78 is 41.2. The van der Waals surface area contributed by atoms with E-state index in [-0.39, 0.29) is 11.2 Å². The van der Waals surface area contributed by atoms with Crippen LogP contribution in [0.1, 0.15) is 11.3 Å². The molecule has 6 nitrogen and oxygen atoms in total. The number of rotatable bonds is 3. The van der Waals surface area contributed by atoms with E-state index in [2.05, 4.69) is 4.90 Å². The van der Waals surface area contributed by atoms with Gasteiger partial charge in [0.15, 0.2) is 0 Å². The van der Waals surface area contributed by atoms with E-state index in [4.69, 9.17) is 0 Å². The van der Waals surface area contributed by atoms with Crippen LogP contribution in [-0.2, 0) is 26.8 Å². The molecule has 0 aliphatic carbocycles. The summed E-state index contributed by atoms with van der Waals surface area (Å²) in [6, 6.07) is 6.77. The van der Waals surface area contributed by atoms with Gasteiger partial charge in [-0.25, -0.2) is 4.79 Å². The second kappa shape index (κ2) is 7.22. The lowest BCUT2D eigenvalue weighted by atomic mass is 10.1. The van der Waals surface area contributed by atoms with E-state index in [1.165, 1.54) is 29.8 Å². The molecule has 1 aliphatic rings. The monoisotopic (exact) mass is 382 g/mol. The second-order valence-electron chi connectivity index (χ2n) is 6.69. The normalized spacial score (nSPS) is 16.0. The summed E-state index contributed by atoms with van der Waals surface area (Å²) in [4.78, 5) is 27.8. The van der Waals surface area contributed by atoms with Gasteiger partial charge in [-0.15, -0.1) is 0 Å². The highest BCUT2D eigenvalue weighted by Crippen LogP contribution is 2.31. The minimum Gasteiger partial charge on any atom is -0.369 e. The summed E-state index contributed by atoms with van der Waals surface area (Å²) in [6.45, 7) is 2.83. The number of hydrogen-bond donors (Lipinski definition) is 0. The Morgan fingerprint density at radius 3 is 2.26 bits per heavy atom. The van der Waals surface area contributed by atoms with Gasteiger partial charge in [-0.05, 0) is 18.2 Å². The minimum absolute atomic E-state index is 0.351. The summed E-state index contributed by atoms with van der Waals surface area (Å²) in [5.74, 6) is 0. The molecule has 1 aromatic carbocycles. The number of benzene rings is 1. The van der Waals surface area contributed by atoms with Gasteiger partial charge in [-0.2, -0.15) is 13.2 Å². The zero-order valence-electron chi connectivity index (χ0n) is 15.2. The molecule has 0 N–H and O–H groups in total. The standard InChI is InChI=1S/C18H21F3N4O2/c1-22-15(11-16(26)23(2)17(22)27)12-24-6-8-25(9-7-24)14-5-3-4-13(10-14)18(19,20)21/h3-5,10-11H,6-9,12H2,1-2H3. The average Bonchev–Trinajstić information content (AvgIpc) is 2.64. The summed E-state index contributed by atoms with van der Waals surface area (Å²) in [6.07, 6.45) is -4.36. The van der Waals surface area contributed by atoms with Crippen LogP contribution in [0.2, 0.25) is 0 Å². The molecule has 27 heavy (non-hydrogen) atoms. The van der Waals surface area contributed by atoms with Crippen LogP contribution in [0.3, 0.4) is 0 Å². The van der Waals surface area contributed by atoms with E-state index in [9.17, 15) is 22.8 Å². The minimum atomic E-state index is -4.36. The van der Waals surface area contributed by atoms with E-state index in [0.717, 1.165) is 10.6 Å². The molecule has 0 radical (unpaired) electrons. The van der Waals surface area contributed by atoms with Crippen molar-refractivity contribution in [2.24, 2.45) is 14.1 Å². The zero-order valence-corrected chi connectivity index (χ0v) is 15.2. The molecular formula is C18H21F3N4O2. The molecule has 0 spiro atoms. The van der Waals surface area contributed by atoms with Crippen LogP contribution >= 0.6 is 0 Å². The highest BCUT2D eigenvalue weighted by Gasteiger charge is 2.31. The van der Waals surface area contributed by atoms with Crippen LogP contribution in [-0.4, -0.2) is 40.2 Å². The molecule has 9 heteroatoms. The molecule has 0 saturated carbocycles. The number of nitrogens with zero attached hydrogens (tertiary/aromatic N) is 4. The SMILES string of the molecule is Cn1c(CN2CCN(c3cccc(C(F)(F)F)c3)CC2)cc(=O)n(C)c1=O. The van der Waals surface area contributed by atoms with Gasteiger partial charge in [0, 0.05) is 64.3 Å². The number of aromatic nitrogens is 2. The summed E-state index contributed by atoms with van der Waals surface area (Å²) >= 11 is 0. The molecule has 0 amide bonds. The number of alkyl halides is 3. The Kier molecular flexibility index (Phi) is 5.14. The van der Waals surface area contributed by atoms with E-state index in [1.807, 2.05) is 4.90 Å². The van der Waals surface area contributed by atoms with E-state index in [1.54, 1.807) is 13.1 Å². The Labute approximate surface area is 154 Å². The van der Waals surface area contributed by atoms with Gasteiger partial charge in [-0.3, -0.25) is 18.8 Å².